The second-order valence-electron chi connectivity index (χ2n) is 7.66. The van der Waals surface area contributed by atoms with Crippen molar-refractivity contribution in [1.29, 1.82) is 0 Å². The molecule has 0 saturated heterocycles. The fraction of sp³-hybridized carbons (Fsp3) is 0.455. The van der Waals surface area contributed by atoms with Gasteiger partial charge in [0, 0.05) is 11.8 Å². The van der Waals surface area contributed by atoms with E-state index in [-0.39, 0.29) is 30.5 Å². The fourth-order valence-corrected chi connectivity index (χ4v) is 3.89. The lowest BCUT2D eigenvalue weighted by Gasteiger charge is -2.33. The zero-order valence-corrected chi connectivity index (χ0v) is 18.0. The van der Waals surface area contributed by atoms with Crippen molar-refractivity contribution in [3.8, 4) is 18.1 Å². The fourth-order valence-electron chi connectivity index (χ4n) is 3.45. The van der Waals surface area contributed by atoms with Crippen LogP contribution in [0.1, 0.15) is 44.6 Å². The normalized spacial score (nSPS) is 16.5. The molecular weight excluding hydrogens is 404 g/mol. The molecule has 0 aromatic heterocycles. The summed E-state index contributed by atoms with van der Waals surface area (Å²) in [5, 5.41) is 6.22. The van der Waals surface area contributed by atoms with Gasteiger partial charge in [0.1, 0.15) is 11.8 Å². The van der Waals surface area contributed by atoms with Crippen molar-refractivity contribution in [3.63, 3.8) is 0 Å². The number of carbonyl (C=O) groups excluding carboxylic acids is 2. The molecule has 1 atom stereocenters. The van der Waals surface area contributed by atoms with Gasteiger partial charge in [-0.3, -0.25) is 9.59 Å². The molecule has 2 amide bonds. The van der Waals surface area contributed by atoms with Gasteiger partial charge in [0.2, 0.25) is 11.8 Å². The molecule has 0 unspecified atom stereocenters. The average Bonchev–Trinajstić information content (AvgIpc) is 2.73. The van der Waals surface area contributed by atoms with Gasteiger partial charge in [-0.25, -0.2) is 0 Å². The number of carbonyl (C=O) groups is 2. The minimum Gasteiger partial charge on any atom is -0.379 e. The minimum absolute atomic E-state index is 0.0641. The van der Waals surface area contributed by atoms with E-state index in [0.717, 1.165) is 37.7 Å². The Labute approximate surface area is 178 Å². The number of terminal acetylenes is 1. The van der Waals surface area contributed by atoms with Crippen molar-refractivity contribution in [1.82, 2.24) is 10.6 Å². The molecule has 1 aliphatic carbocycles. The zero-order chi connectivity index (χ0) is 22.2. The van der Waals surface area contributed by atoms with Crippen molar-refractivity contribution in [3.05, 3.63) is 41.8 Å². The minimum atomic E-state index is -3.84. The van der Waals surface area contributed by atoms with Gasteiger partial charge in [-0.2, -0.15) is 8.42 Å². The van der Waals surface area contributed by atoms with Crippen molar-refractivity contribution >= 4 is 21.9 Å². The van der Waals surface area contributed by atoms with Crippen LogP contribution in [-0.4, -0.2) is 32.8 Å². The number of rotatable bonds is 9. The van der Waals surface area contributed by atoms with Crippen LogP contribution >= 0.6 is 0 Å². The summed E-state index contributed by atoms with van der Waals surface area (Å²) in [7, 11) is -3.84. The molecule has 1 aromatic rings. The van der Waals surface area contributed by atoms with E-state index in [1.54, 1.807) is 12.1 Å². The van der Waals surface area contributed by atoms with Gasteiger partial charge in [0.15, 0.2) is 0 Å². The van der Waals surface area contributed by atoms with Gasteiger partial charge in [0.05, 0.1) is 12.0 Å². The maximum atomic E-state index is 12.9. The molecule has 7 nitrogen and oxygen atoms in total. The first-order valence-corrected chi connectivity index (χ1v) is 11.3. The molecule has 0 spiro atoms. The van der Waals surface area contributed by atoms with Crippen molar-refractivity contribution in [2.45, 2.75) is 51.5 Å². The molecular formula is C22H28N2O5S. The quantitative estimate of drug-likeness (QED) is 0.461. The van der Waals surface area contributed by atoms with Crippen LogP contribution in [0, 0.1) is 17.8 Å². The molecule has 1 saturated carbocycles. The Kier molecular flexibility index (Phi) is 8.07. The summed E-state index contributed by atoms with van der Waals surface area (Å²) in [5.74, 6) is 1.98. The van der Waals surface area contributed by atoms with Crippen LogP contribution in [0.2, 0.25) is 0 Å². The van der Waals surface area contributed by atoms with E-state index >= 15 is 0 Å². The van der Waals surface area contributed by atoms with Crippen LogP contribution < -0.4 is 14.8 Å². The maximum absolute atomic E-state index is 12.9. The predicted octanol–water partition coefficient (Wildman–Crippen LogP) is 2.29. The molecule has 30 heavy (non-hydrogen) atoms. The maximum Gasteiger partial charge on any atom is 0.331 e. The standard InChI is InChI=1S/C22H28N2O5S/c1-4-15-23-20(25)19(24-21(26)22(3)13-7-6-8-14-22)16-17-9-11-18(12-10-17)29-30(27,28)5-2/h1,5,9-12,19H,2,6-8,13-16H2,3H3,(H,23,25)(H,24,26)/t19-/m0/s1. The van der Waals surface area contributed by atoms with Gasteiger partial charge >= 0.3 is 10.1 Å². The van der Waals surface area contributed by atoms with Gasteiger partial charge < -0.3 is 14.8 Å². The highest BCUT2D eigenvalue weighted by Crippen LogP contribution is 2.36. The Bertz CT molecular complexity index is 910. The first-order valence-electron chi connectivity index (χ1n) is 9.87. The molecule has 0 aliphatic heterocycles. The Morgan fingerprint density at radius 1 is 1.27 bits per heavy atom. The molecule has 2 rings (SSSR count). The summed E-state index contributed by atoms with van der Waals surface area (Å²) >= 11 is 0. The van der Waals surface area contributed by atoms with Crippen LogP contribution in [0.3, 0.4) is 0 Å². The molecule has 0 bridgehead atoms. The van der Waals surface area contributed by atoms with E-state index in [1.165, 1.54) is 12.1 Å². The molecule has 2 N–H and O–H groups in total. The Balaban J connectivity index is 2.13. The SMILES string of the molecule is C#CCNC(=O)[C@H](Cc1ccc(OS(=O)(=O)C=C)cc1)NC(=O)C1(C)CCCCC1. The van der Waals surface area contributed by atoms with E-state index in [9.17, 15) is 18.0 Å². The van der Waals surface area contributed by atoms with Crippen molar-refractivity contribution in [2.75, 3.05) is 6.54 Å². The van der Waals surface area contributed by atoms with Gasteiger partial charge in [-0.05, 0) is 30.5 Å². The number of nitrogens with one attached hydrogen (secondary N) is 2. The number of hydrogen-bond donors (Lipinski definition) is 2. The van der Waals surface area contributed by atoms with Gasteiger partial charge in [0.25, 0.3) is 0 Å². The topological polar surface area (TPSA) is 102 Å². The van der Waals surface area contributed by atoms with Crippen molar-refractivity contribution in [2.24, 2.45) is 5.41 Å². The van der Waals surface area contributed by atoms with Crippen molar-refractivity contribution < 1.29 is 22.2 Å². The summed E-state index contributed by atoms with van der Waals surface area (Å²) in [5.41, 5.74) is 0.243. The van der Waals surface area contributed by atoms with E-state index in [4.69, 9.17) is 10.6 Å². The highest BCUT2D eigenvalue weighted by Gasteiger charge is 2.36. The molecule has 162 valence electrons. The van der Waals surface area contributed by atoms with Gasteiger partial charge in [-0.15, -0.1) is 6.42 Å². The van der Waals surface area contributed by atoms with Crippen LogP contribution in [0.4, 0.5) is 0 Å². The average molecular weight is 433 g/mol. The molecule has 1 aliphatic rings. The van der Waals surface area contributed by atoms with Crippen LogP contribution in [0.15, 0.2) is 36.3 Å². The number of benzene rings is 1. The Hall–Kier alpha value is -2.79. The highest BCUT2D eigenvalue weighted by molar-refractivity contribution is 7.90. The van der Waals surface area contributed by atoms with Crippen LogP contribution in [0.25, 0.3) is 0 Å². The summed E-state index contributed by atoms with van der Waals surface area (Å²) < 4.78 is 27.8. The van der Waals surface area contributed by atoms with Gasteiger partial charge in [-0.1, -0.05) is 50.8 Å². The third-order valence-corrected chi connectivity index (χ3v) is 6.10. The third-order valence-electron chi connectivity index (χ3n) is 5.27. The first-order chi connectivity index (χ1) is 14.2. The third kappa shape index (κ3) is 6.63. The summed E-state index contributed by atoms with van der Waals surface area (Å²) in [6, 6.07) is 5.45. The largest absolute Gasteiger partial charge is 0.379 e. The predicted molar refractivity (Wildman–Crippen MR) is 115 cm³/mol. The van der Waals surface area contributed by atoms with E-state index in [1.807, 2.05) is 6.92 Å². The molecule has 1 fully saturated rings. The number of hydrogen-bond acceptors (Lipinski definition) is 5. The Morgan fingerprint density at radius 3 is 2.47 bits per heavy atom. The van der Waals surface area contributed by atoms with E-state index in [0.29, 0.717) is 5.41 Å². The molecule has 1 aromatic carbocycles. The second kappa shape index (κ2) is 10.3. The summed E-state index contributed by atoms with van der Waals surface area (Å²) in [6.07, 6.45) is 10.1. The molecule has 0 heterocycles. The second-order valence-corrected chi connectivity index (χ2v) is 9.15. The summed E-state index contributed by atoms with van der Waals surface area (Å²) in [4.78, 5) is 25.5. The van der Waals surface area contributed by atoms with Crippen LogP contribution in [0.5, 0.6) is 5.75 Å². The lowest BCUT2D eigenvalue weighted by Crippen LogP contribution is -2.52. The van der Waals surface area contributed by atoms with E-state index in [2.05, 4.69) is 23.1 Å². The lowest BCUT2D eigenvalue weighted by molar-refractivity contribution is -0.136. The lowest BCUT2D eigenvalue weighted by atomic mass is 9.75. The highest BCUT2D eigenvalue weighted by atomic mass is 32.2. The smallest absolute Gasteiger partial charge is 0.331 e. The first kappa shape index (κ1) is 23.5. The zero-order valence-electron chi connectivity index (χ0n) is 17.1. The van der Waals surface area contributed by atoms with Crippen LogP contribution in [-0.2, 0) is 26.1 Å². The van der Waals surface area contributed by atoms with E-state index < -0.39 is 21.6 Å². The molecule has 0 radical (unpaired) electrons. The molecule has 8 heteroatoms. The number of amides is 2. The monoisotopic (exact) mass is 432 g/mol. The summed E-state index contributed by atoms with van der Waals surface area (Å²) in [6.45, 7) is 5.19. The Morgan fingerprint density at radius 2 is 1.90 bits per heavy atom.